The molecule has 8 heteroatoms. The van der Waals surface area contributed by atoms with Crippen LogP contribution in [0.5, 0.6) is 5.75 Å². The second-order valence-corrected chi connectivity index (χ2v) is 5.54. The molecule has 2 aromatic rings. The van der Waals surface area contributed by atoms with E-state index >= 15 is 0 Å². The number of aromatic nitrogens is 2. The van der Waals surface area contributed by atoms with Crippen LogP contribution in [0.25, 0.3) is 0 Å². The molecular formula is C14H15F2N3O2S. The Morgan fingerprint density at radius 1 is 1.45 bits per heavy atom. The number of fused-ring (bicyclic) bond motifs is 1. The zero-order valence-electron chi connectivity index (χ0n) is 11.6. The lowest BCUT2D eigenvalue weighted by Gasteiger charge is -2.28. The molecule has 0 bridgehead atoms. The first-order chi connectivity index (χ1) is 10.6. The van der Waals surface area contributed by atoms with Gasteiger partial charge in [0, 0.05) is 42.9 Å². The van der Waals surface area contributed by atoms with Crippen LogP contribution >= 0.6 is 12.2 Å². The first-order valence-electron chi connectivity index (χ1n) is 6.86. The van der Waals surface area contributed by atoms with Crippen molar-refractivity contribution in [3.63, 3.8) is 0 Å². The summed E-state index contributed by atoms with van der Waals surface area (Å²) in [6.07, 6.45) is 2.75. The molecule has 22 heavy (non-hydrogen) atoms. The number of hydrogen-bond donors (Lipinski definition) is 3. The molecule has 1 aliphatic rings. The van der Waals surface area contributed by atoms with Gasteiger partial charge in [-0.15, -0.1) is 0 Å². The summed E-state index contributed by atoms with van der Waals surface area (Å²) in [7, 11) is 0. The molecular weight excluding hydrogens is 312 g/mol. The first kappa shape index (κ1) is 15.1. The van der Waals surface area contributed by atoms with E-state index in [-0.39, 0.29) is 18.4 Å². The average molecular weight is 327 g/mol. The minimum absolute atomic E-state index is 0.110. The normalized spacial score (nSPS) is 17.1. The largest absolute Gasteiger partial charge is 0.488 e. The fraction of sp³-hybridized carbons (Fsp3) is 0.357. The zero-order chi connectivity index (χ0) is 15.7. The molecule has 5 nitrogen and oxygen atoms in total. The molecule has 0 unspecified atom stereocenters. The number of halogens is 2. The molecule has 3 rings (SSSR count). The van der Waals surface area contributed by atoms with Crippen LogP contribution in [-0.2, 0) is 12.8 Å². The zero-order valence-corrected chi connectivity index (χ0v) is 12.4. The summed E-state index contributed by atoms with van der Waals surface area (Å²) in [6.45, 7) is 0.626. The maximum absolute atomic E-state index is 13.7. The van der Waals surface area contributed by atoms with Crippen LogP contribution in [0.4, 0.5) is 8.78 Å². The molecule has 0 saturated carbocycles. The maximum atomic E-state index is 13.7. The Kier molecular flexibility index (Phi) is 4.23. The molecule has 0 fully saturated rings. The Bertz CT molecular complexity index is 744. The smallest absolute Gasteiger partial charge is 0.177 e. The number of nitrogens with zero attached hydrogens (tertiary/aromatic N) is 1. The van der Waals surface area contributed by atoms with Gasteiger partial charge in [0.1, 0.15) is 12.4 Å². The molecule has 118 valence electrons. The van der Waals surface area contributed by atoms with Crippen molar-refractivity contribution < 1.29 is 18.7 Å². The molecule has 1 aliphatic heterocycles. The highest BCUT2D eigenvalue weighted by atomic mass is 32.1. The molecule has 1 aromatic carbocycles. The van der Waals surface area contributed by atoms with Crippen molar-refractivity contribution in [3.8, 4) is 5.75 Å². The molecule has 0 saturated heterocycles. The first-order valence-corrected chi connectivity index (χ1v) is 7.27. The SMILES string of the molecule is ONCCc1c[nH]c(=S)n1[C@H]1COc2c(F)cc(F)cc2C1. The van der Waals surface area contributed by atoms with Crippen LogP contribution in [0.3, 0.4) is 0 Å². The van der Waals surface area contributed by atoms with E-state index in [4.69, 9.17) is 22.2 Å². The lowest BCUT2D eigenvalue weighted by molar-refractivity contribution is 0.166. The second kappa shape index (κ2) is 6.15. The predicted molar refractivity (Wildman–Crippen MR) is 77.7 cm³/mol. The molecule has 2 heterocycles. The van der Waals surface area contributed by atoms with Gasteiger partial charge in [0.05, 0.1) is 6.04 Å². The highest BCUT2D eigenvalue weighted by molar-refractivity contribution is 7.71. The third kappa shape index (κ3) is 2.77. The Labute approximate surface area is 130 Å². The van der Waals surface area contributed by atoms with Crippen LogP contribution in [0.1, 0.15) is 17.3 Å². The summed E-state index contributed by atoms with van der Waals surface area (Å²) in [5, 5.41) is 8.72. The van der Waals surface area contributed by atoms with Gasteiger partial charge in [0.2, 0.25) is 0 Å². The van der Waals surface area contributed by atoms with Crippen LogP contribution in [-0.4, -0.2) is 27.9 Å². The summed E-state index contributed by atoms with van der Waals surface area (Å²) in [4.78, 5) is 2.95. The van der Waals surface area contributed by atoms with Crippen molar-refractivity contribution in [2.24, 2.45) is 0 Å². The third-order valence-corrected chi connectivity index (χ3v) is 4.02. The van der Waals surface area contributed by atoms with Gasteiger partial charge < -0.3 is 19.5 Å². The van der Waals surface area contributed by atoms with Gasteiger partial charge >= 0.3 is 0 Å². The van der Waals surface area contributed by atoms with Crippen molar-refractivity contribution in [1.29, 1.82) is 0 Å². The van der Waals surface area contributed by atoms with E-state index in [1.54, 1.807) is 6.20 Å². The summed E-state index contributed by atoms with van der Waals surface area (Å²) >= 11 is 5.28. The lowest BCUT2D eigenvalue weighted by Crippen LogP contribution is -2.27. The Morgan fingerprint density at radius 2 is 2.27 bits per heavy atom. The van der Waals surface area contributed by atoms with Crippen LogP contribution < -0.4 is 10.2 Å². The maximum Gasteiger partial charge on any atom is 0.177 e. The number of hydroxylamine groups is 1. The van der Waals surface area contributed by atoms with E-state index in [0.717, 1.165) is 11.8 Å². The molecule has 0 radical (unpaired) electrons. The minimum Gasteiger partial charge on any atom is -0.488 e. The van der Waals surface area contributed by atoms with E-state index in [0.29, 0.717) is 29.7 Å². The molecule has 3 N–H and O–H groups in total. The Morgan fingerprint density at radius 3 is 3.05 bits per heavy atom. The quantitative estimate of drug-likeness (QED) is 0.596. The van der Waals surface area contributed by atoms with Gasteiger partial charge in [0.15, 0.2) is 16.3 Å². The standard InChI is InChI=1S/C14H15F2N3O2S/c15-9-3-8-4-11(7-21-13(8)12(16)5-9)19-10(1-2-18-20)6-17-14(19)22/h3,5-6,11,18,20H,1-2,4,7H2,(H,17,22)/t11-/m1/s1. The molecule has 1 aromatic heterocycles. The van der Waals surface area contributed by atoms with E-state index in [1.165, 1.54) is 6.07 Å². The Balaban J connectivity index is 1.92. The topological polar surface area (TPSA) is 62.2 Å². The highest BCUT2D eigenvalue weighted by Gasteiger charge is 2.26. The van der Waals surface area contributed by atoms with Crippen molar-refractivity contribution in [2.45, 2.75) is 18.9 Å². The van der Waals surface area contributed by atoms with E-state index in [2.05, 4.69) is 10.5 Å². The van der Waals surface area contributed by atoms with E-state index < -0.39 is 11.6 Å². The summed E-state index contributed by atoms with van der Waals surface area (Å²) in [5.74, 6) is -1.20. The molecule has 0 amide bonds. The van der Waals surface area contributed by atoms with Crippen LogP contribution in [0.15, 0.2) is 18.3 Å². The summed E-state index contributed by atoms with van der Waals surface area (Å²) in [6, 6.07) is 1.95. The highest BCUT2D eigenvalue weighted by Crippen LogP contribution is 2.33. The summed E-state index contributed by atoms with van der Waals surface area (Å²) in [5.41, 5.74) is 3.47. The van der Waals surface area contributed by atoms with Crippen molar-refractivity contribution in [2.75, 3.05) is 13.2 Å². The number of benzene rings is 1. The van der Waals surface area contributed by atoms with Gasteiger partial charge in [-0.1, -0.05) is 0 Å². The second-order valence-electron chi connectivity index (χ2n) is 5.16. The number of aromatic amines is 1. The van der Waals surface area contributed by atoms with Crippen molar-refractivity contribution >= 4 is 12.2 Å². The molecule has 1 atom stereocenters. The van der Waals surface area contributed by atoms with Crippen molar-refractivity contribution in [3.05, 3.63) is 46.0 Å². The summed E-state index contributed by atoms with van der Waals surface area (Å²) < 4.78 is 34.9. The fourth-order valence-electron chi connectivity index (χ4n) is 2.78. The predicted octanol–water partition coefficient (Wildman–Crippen LogP) is 2.52. The number of nitrogens with one attached hydrogen (secondary N) is 2. The number of hydrogen-bond acceptors (Lipinski definition) is 4. The van der Waals surface area contributed by atoms with Gasteiger partial charge in [-0.2, -0.15) is 0 Å². The van der Waals surface area contributed by atoms with Crippen LogP contribution in [0.2, 0.25) is 0 Å². The molecule has 0 spiro atoms. The Hall–Kier alpha value is -1.77. The van der Waals surface area contributed by atoms with Gasteiger partial charge in [-0.05, 0) is 18.3 Å². The van der Waals surface area contributed by atoms with E-state index in [1.807, 2.05) is 4.57 Å². The third-order valence-electron chi connectivity index (χ3n) is 3.71. The molecule has 0 aliphatic carbocycles. The number of ether oxygens (including phenoxy) is 1. The monoisotopic (exact) mass is 327 g/mol. The van der Waals surface area contributed by atoms with Gasteiger partial charge in [-0.3, -0.25) is 0 Å². The minimum atomic E-state index is -0.684. The van der Waals surface area contributed by atoms with Gasteiger partial charge in [-0.25, -0.2) is 14.3 Å². The number of H-pyrrole nitrogens is 1. The fourth-order valence-corrected chi connectivity index (χ4v) is 3.10. The number of imidazole rings is 1. The number of rotatable bonds is 4. The average Bonchev–Trinajstić information content (AvgIpc) is 2.85. The van der Waals surface area contributed by atoms with Crippen LogP contribution in [0, 0.1) is 16.4 Å². The van der Waals surface area contributed by atoms with Gasteiger partial charge in [0.25, 0.3) is 0 Å². The van der Waals surface area contributed by atoms with E-state index in [9.17, 15) is 8.78 Å². The lowest BCUT2D eigenvalue weighted by atomic mass is 10.0. The van der Waals surface area contributed by atoms with Crippen molar-refractivity contribution in [1.82, 2.24) is 15.0 Å².